The summed E-state index contributed by atoms with van der Waals surface area (Å²) < 4.78 is 11.9. The third-order valence-electron chi connectivity index (χ3n) is 5.84. The molecule has 36 heavy (non-hydrogen) atoms. The molecular weight excluding hydrogens is 462 g/mol. The molecule has 1 amide bonds. The first kappa shape index (κ1) is 24.5. The minimum Gasteiger partial charge on any atom is -0.497 e. The summed E-state index contributed by atoms with van der Waals surface area (Å²) in [7, 11) is 1.51. The third-order valence-corrected chi connectivity index (χ3v) is 5.84. The Morgan fingerprint density at radius 3 is 2.58 bits per heavy atom. The van der Waals surface area contributed by atoms with Gasteiger partial charge in [-0.3, -0.25) is 15.6 Å². The summed E-state index contributed by atoms with van der Waals surface area (Å²) >= 11 is 0. The van der Waals surface area contributed by atoms with E-state index in [0.29, 0.717) is 39.7 Å². The van der Waals surface area contributed by atoms with Gasteiger partial charge < -0.3 is 14.8 Å². The van der Waals surface area contributed by atoms with Crippen LogP contribution in [0.2, 0.25) is 0 Å². The average Bonchev–Trinajstić information content (AvgIpc) is 2.87. The largest absolute Gasteiger partial charge is 0.497 e. The number of allylic oxidation sites excluding steroid dienone is 1. The highest BCUT2D eigenvalue weighted by Gasteiger charge is 2.34. The number of fused-ring (bicyclic) bond motifs is 1. The monoisotopic (exact) mass is 489 g/mol. The highest BCUT2D eigenvalue weighted by atomic mass is 16.5. The fourth-order valence-corrected chi connectivity index (χ4v) is 4.18. The van der Waals surface area contributed by atoms with Gasteiger partial charge in [0.15, 0.2) is 5.82 Å². The number of carbonyl (C=O) groups is 2. The SMILES string of the molecule is CCOC(=O)C1=C(C)Nc2c(c(NNC(=O)c3cccc(OC)c3)nc(=O)n2-c2ccccc2)C1C. The standard InChI is InChI=1S/C26H27N5O5/c1-5-36-25(33)20-15(2)21-22(29-30-24(32)17-10-9-13-19(14-17)35-4)28-26(34)31(23(21)27-16(20)3)18-11-7-6-8-12-18/h6-15,27H,5H2,1-4H3,(H,30,32)(H,28,29,34). The molecule has 0 spiro atoms. The van der Waals surface area contributed by atoms with E-state index in [2.05, 4.69) is 21.2 Å². The first-order chi connectivity index (χ1) is 17.3. The number of para-hydroxylation sites is 1. The Kier molecular flexibility index (Phi) is 7.05. The molecule has 2 aromatic carbocycles. The summed E-state index contributed by atoms with van der Waals surface area (Å²) in [5.41, 5.74) is 7.26. The Morgan fingerprint density at radius 2 is 1.89 bits per heavy atom. The van der Waals surface area contributed by atoms with Gasteiger partial charge in [0.05, 0.1) is 25.0 Å². The van der Waals surface area contributed by atoms with E-state index in [9.17, 15) is 14.4 Å². The number of rotatable bonds is 7. The van der Waals surface area contributed by atoms with Crippen LogP contribution in [0.15, 0.2) is 70.7 Å². The molecule has 4 rings (SSSR count). The molecule has 10 heteroatoms. The van der Waals surface area contributed by atoms with Gasteiger partial charge in [-0.1, -0.05) is 31.2 Å². The van der Waals surface area contributed by atoms with Crippen molar-refractivity contribution in [3.05, 3.63) is 87.5 Å². The highest BCUT2D eigenvalue weighted by molar-refractivity contribution is 5.96. The summed E-state index contributed by atoms with van der Waals surface area (Å²) in [5, 5.41) is 3.19. The molecule has 0 radical (unpaired) electrons. The van der Waals surface area contributed by atoms with Crippen LogP contribution in [0.25, 0.3) is 5.69 Å². The molecule has 0 saturated carbocycles. The van der Waals surface area contributed by atoms with Crippen molar-refractivity contribution in [3.63, 3.8) is 0 Å². The van der Waals surface area contributed by atoms with Crippen LogP contribution in [0.5, 0.6) is 5.75 Å². The lowest BCUT2D eigenvalue weighted by Gasteiger charge is -2.30. The van der Waals surface area contributed by atoms with E-state index in [1.165, 1.54) is 11.7 Å². The number of ether oxygens (including phenoxy) is 2. The zero-order chi connectivity index (χ0) is 25.8. The number of aromatic nitrogens is 2. The first-order valence-corrected chi connectivity index (χ1v) is 11.4. The van der Waals surface area contributed by atoms with E-state index in [1.807, 2.05) is 25.1 Å². The molecule has 1 atom stereocenters. The molecule has 10 nitrogen and oxygen atoms in total. The van der Waals surface area contributed by atoms with E-state index in [-0.39, 0.29) is 12.4 Å². The number of methoxy groups -OCH3 is 1. The van der Waals surface area contributed by atoms with Crippen LogP contribution in [-0.4, -0.2) is 35.1 Å². The van der Waals surface area contributed by atoms with Gasteiger partial charge in [-0.2, -0.15) is 4.98 Å². The molecule has 0 bridgehead atoms. The van der Waals surface area contributed by atoms with Gasteiger partial charge in [-0.15, -0.1) is 0 Å². The van der Waals surface area contributed by atoms with Crippen LogP contribution in [0.1, 0.15) is 42.6 Å². The number of hydrogen-bond acceptors (Lipinski definition) is 8. The summed E-state index contributed by atoms with van der Waals surface area (Å²) in [6.45, 7) is 5.53. The van der Waals surface area contributed by atoms with Crippen LogP contribution in [0, 0.1) is 0 Å². The highest BCUT2D eigenvalue weighted by Crippen LogP contribution is 2.41. The van der Waals surface area contributed by atoms with E-state index in [4.69, 9.17) is 9.47 Å². The Hall–Kier alpha value is -4.60. The Balaban J connectivity index is 1.78. The number of nitrogens with one attached hydrogen (secondary N) is 3. The van der Waals surface area contributed by atoms with Crippen molar-refractivity contribution in [1.29, 1.82) is 0 Å². The van der Waals surface area contributed by atoms with Gasteiger partial charge in [0, 0.05) is 22.7 Å². The topological polar surface area (TPSA) is 124 Å². The lowest BCUT2D eigenvalue weighted by molar-refractivity contribution is -0.138. The van der Waals surface area contributed by atoms with Crippen molar-refractivity contribution < 1.29 is 19.1 Å². The first-order valence-electron chi connectivity index (χ1n) is 11.4. The minimum absolute atomic E-state index is 0.118. The lowest BCUT2D eigenvalue weighted by Crippen LogP contribution is -2.36. The van der Waals surface area contributed by atoms with Gasteiger partial charge in [0.25, 0.3) is 5.91 Å². The number of esters is 1. The maximum Gasteiger partial charge on any atom is 0.355 e. The van der Waals surface area contributed by atoms with Crippen LogP contribution >= 0.6 is 0 Å². The van der Waals surface area contributed by atoms with Crippen molar-refractivity contribution in [2.24, 2.45) is 0 Å². The van der Waals surface area contributed by atoms with E-state index in [1.54, 1.807) is 50.2 Å². The molecular formula is C26H27N5O5. The third kappa shape index (κ3) is 4.65. The molecule has 1 aromatic heterocycles. The van der Waals surface area contributed by atoms with Gasteiger partial charge in [-0.05, 0) is 44.2 Å². The summed E-state index contributed by atoms with van der Waals surface area (Å²) in [5.74, 6) is -0.333. The molecule has 3 N–H and O–H groups in total. The maximum absolute atomic E-state index is 13.2. The van der Waals surface area contributed by atoms with Crippen molar-refractivity contribution in [2.75, 3.05) is 24.5 Å². The minimum atomic E-state index is -0.565. The number of anilines is 2. The Labute approximate surface area is 207 Å². The quantitative estimate of drug-likeness (QED) is 0.341. The predicted molar refractivity (Wildman–Crippen MR) is 135 cm³/mol. The lowest BCUT2D eigenvalue weighted by atomic mass is 9.89. The van der Waals surface area contributed by atoms with Gasteiger partial charge >= 0.3 is 11.7 Å². The second kappa shape index (κ2) is 10.3. The van der Waals surface area contributed by atoms with E-state index in [0.717, 1.165) is 0 Å². The normalized spacial score (nSPS) is 14.4. The molecule has 2 heterocycles. The number of amides is 1. The van der Waals surface area contributed by atoms with Crippen molar-refractivity contribution in [1.82, 2.24) is 15.0 Å². The van der Waals surface area contributed by atoms with Crippen LogP contribution < -0.4 is 26.6 Å². The van der Waals surface area contributed by atoms with Crippen LogP contribution in [0.4, 0.5) is 11.6 Å². The molecule has 3 aromatic rings. The molecule has 0 fully saturated rings. The molecule has 0 saturated heterocycles. The summed E-state index contributed by atoms with van der Waals surface area (Å²) in [6.07, 6.45) is 0. The van der Waals surface area contributed by atoms with Crippen molar-refractivity contribution in [2.45, 2.75) is 26.7 Å². The molecule has 1 aliphatic heterocycles. The summed E-state index contributed by atoms with van der Waals surface area (Å²) in [4.78, 5) is 42.9. The van der Waals surface area contributed by atoms with Gasteiger partial charge in [-0.25, -0.2) is 14.2 Å². The number of hydrogen-bond donors (Lipinski definition) is 3. The van der Waals surface area contributed by atoms with Crippen molar-refractivity contribution >= 4 is 23.5 Å². The van der Waals surface area contributed by atoms with Crippen molar-refractivity contribution in [3.8, 4) is 11.4 Å². The zero-order valence-corrected chi connectivity index (χ0v) is 20.4. The average molecular weight is 490 g/mol. The van der Waals surface area contributed by atoms with E-state index < -0.39 is 23.5 Å². The van der Waals surface area contributed by atoms with Crippen LogP contribution in [-0.2, 0) is 9.53 Å². The Morgan fingerprint density at radius 1 is 1.14 bits per heavy atom. The number of nitrogens with zero attached hydrogens (tertiary/aromatic N) is 2. The predicted octanol–water partition coefficient (Wildman–Crippen LogP) is 3.36. The number of benzene rings is 2. The fraction of sp³-hybridized carbons (Fsp3) is 0.231. The second-order valence-electron chi connectivity index (χ2n) is 8.09. The zero-order valence-electron chi connectivity index (χ0n) is 20.4. The molecule has 1 aliphatic rings. The van der Waals surface area contributed by atoms with Gasteiger partial charge in [0.2, 0.25) is 0 Å². The van der Waals surface area contributed by atoms with E-state index >= 15 is 0 Å². The second-order valence-corrected chi connectivity index (χ2v) is 8.09. The molecule has 186 valence electrons. The fourth-order valence-electron chi connectivity index (χ4n) is 4.18. The summed E-state index contributed by atoms with van der Waals surface area (Å²) in [6, 6.07) is 15.7. The maximum atomic E-state index is 13.2. The van der Waals surface area contributed by atoms with Crippen LogP contribution in [0.3, 0.4) is 0 Å². The smallest absolute Gasteiger partial charge is 0.355 e. The number of hydrazine groups is 1. The number of carbonyl (C=O) groups excluding carboxylic acids is 2. The Bertz CT molecular complexity index is 1400. The van der Waals surface area contributed by atoms with Gasteiger partial charge in [0.1, 0.15) is 11.6 Å². The molecule has 0 aliphatic carbocycles. The molecule has 1 unspecified atom stereocenters.